The van der Waals surface area contributed by atoms with E-state index in [0.717, 1.165) is 0 Å². The van der Waals surface area contributed by atoms with Crippen LogP contribution in [0.5, 0.6) is 11.5 Å². The standard InChI is InChI=1S/C13H15NO2S/c14-8-10(13-5-2-6-17-13)9-16-12-4-1-3-11(15)7-12/h1-7,10,15H,8-9,14H2. The van der Waals surface area contributed by atoms with Crippen LogP contribution in [-0.4, -0.2) is 18.3 Å². The van der Waals surface area contributed by atoms with E-state index in [1.807, 2.05) is 17.5 Å². The summed E-state index contributed by atoms with van der Waals surface area (Å²) < 4.78 is 5.63. The molecule has 1 unspecified atom stereocenters. The Morgan fingerprint density at radius 2 is 2.18 bits per heavy atom. The van der Waals surface area contributed by atoms with Gasteiger partial charge in [0, 0.05) is 23.4 Å². The van der Waals surface area contributed by atoms with Gasteiger partial charge in [-0.1, -0.05) is 12.1 Å². The topological polar surface area (TPSA) is 55.5 Å². The predicted molar refractivity (Wildman–Crippen MR) is 69.7 cm³/mol. The van der Waals surface area contributed by atoms with Crippen molar-refractivity contribution in [2.45, 2.75) is 5.92 Å². The lowest BCUT2D eigenvalue weighted by Crippen LogP contribution is -2.18. The Balaban J connectivity index is 1.97. The number of thiophene rings is 1. The lowest BCUT2D eigenvalue weighted by molar-refractivity contribution is 0.290. The second kappa shape index (κ2) is 5.70. The highest BCUT2D eigenvalue weighted by Gasteiger charge is 2.11. The molecule has 3 nitrogen and oxygen atoms in total. The van der Waals surface area contributed by atoms with Gasteiger partial charge in [0.15, 0.2) is 0 Å². The summed E-state index contributed by atoms with van der Waals surface area (Å²) in [7, 11) is 0. The van der Waals surface area contributed by atoms with Gasteiger partial charge < -0.3 is 15.6 Å². The Kier molecular flexibility index (Phi) is 4.01. The largest absolute Gasteiger partial charge is 0.508 e. The first-order chi connectivity index (χ1) is 8.29. The Morgan fingerprint density at radius 3 is 2.82 bits per heavy atom. The Labute approximate surface area is 104 Å². The number of nitrogens with two attached hydrogens (primary N) is 1. The van der Waals surface area contributed by atoms with E-state index in [0.29, 0.717) is 18.9 Å². The molecule has 0 aliphatic carbocycles. The van der Waals surface area contributed by atoms with Crippen LogP contribution in [0.3, 0.4) is 0 Å². The summed E-state index contributed by atoms with van der Waals surface area (Å²) in [5.74, 6) is 1.08. The monoisotopic (exact) mass is 249 g/mol. The maximum absolute atomic E-state index is 9.32. The third-order valence-electron chi connectivity index (χ3n) is 2.50. The average Bonchev–Trinajstić information content (AvgIpc) is 2.84. The minimum absolute atomic E-state index is 0.206. The van der Waals surface area contributed by atoms with Crippen LogP contribution in [0.25, 0.3) is 0 Å². The molecule has 0 saturated heterocycles. The molecule has 1 aromatic carbocycles. The van der Waals surface area contributed by atoms with Gasteiger partial charge in [-0.2, -0.15) is 0 Å². The molecule has 1 heterocycles. The zero-order valence-corrected chi connectivity index (χ0v) is 10.2. The number of hydrogen-bond donors (Lipinski definition) is 2. The first kappa shape index (κ1) is 12.0. The Bertz CT molecular complexity index is 456. The summed E-state index contributed by atoms with van der Waals surface area (Å²) in [6, 6.07) is 10.9. The molecular weight excluding hydrogens is 234 g/mol. The molecule has 0 amide bonds. The third-order valence-corrected chi connectivity index (χ3v) is 3.53. The van der Waals surface area contributed by atoms with Crippen LogP contribution in [-0.2, 0) is 0 Å². The van der Waals surface area contributed by atoms with Crippen molar-refractivity contribution in [1.82, 2.24) is 0 Å². The molecule has 0 bridgehead atoms. The van der Waals surface area contributed by atoms with Crippen molar-refractivity contribution < 1.29 is 9.84 Å². The maximum Gasteiger partial charge on any atom is 0.123 e. The van der Waals surface area contributed by atoms with E-state index in [4.69, 9.17) is 10.5 Å². The van der Waals surface area contributed by atoms with E-state index >= 15 is 0 Å². The van der Waals surface area contributed by atoms with E-state index in [2.05, 4.69) is 6.07 Å². The van der Waals surface area contributed by atoms with Gasteiger partial charge in [-0.3, -0.25) is 0 Å². The molecule has 0 fully saturated rings. The molecule has 0 radical (unpaired) electrons. The molecule has 2 aromatic rings. The molecule has 4 heteroatoms. The molecule has 1 aromatic heterocycles. The minimum Gasteiger partial charge on any atom is -0.508 e. The predicted octanol–water partition coefficient (Wildman–Crippen LogP) is 2.58. The summed E-state index contributed by atoms with van der Waals surface area (Å²) in [4.78, 5) is 1.23. The molecule has 0 aliphatic heterocycles. The fourth-order valence-electron chi connectivity index (χ4n) is 1.56. The smallest absolute Gasteiger partial charge is 0.123 e. The van der Waals surface area contributed by atoms with E-state index in [1.165, 1.54) is 4.88 Å². The number of rotatable bonds is 5. The second-order valence-electron chi connectivity index (χ2n) is 3.76. The number of phenols is 1. The first-order valence-electron chi connectivity index (χ1n) is 5.45. The van der Waals surface area contributed by atoms with Gasteiger partial charge in [-0.05, 0) is 23.6 Å². The second-order valence-corrected chi connectivity index (χ2v) is 4.74. The van der Waals surface area contributed by atoms with Crippen LogP contribution in [0, 0.1) is 0 Å². The molecule has 2 rings (SSSR count). The van der Waals surface area contributed by atoms with Crippen molar-refractivity contribution in [2.75, 3.05) is 13.2 Å². The zero-order chi connectivity index (χ0) is 12.1. The average molecular weight is 249 g/mol. The van der Waals surface area contributed by atoms with Gasteiger partial charge in [-0.15, -0.1) is 11.3 Å². The van der Waals surface area contributed by atoms with Crippen molar-refractivity contribution >= 4 is 11.3 Å². The Morgan fingerprint density at radius 1 is 1.29 bits per heavy atom. The maximum atomic E-state index is 9.32. The fourth-order valence-corrected chi connectivity index (χ4v) is 2.39. The highest BCUT2D eigenvalue weighted by Crippen LogP contribution is 2.23. The highest BCUT2D eigenvalue weighted by atomic mass is 32.1. The number of phenolic OH excluding ortho intramolecular Hbond substituents is 1. The van der Waals surface area contributed by atoms with Gasteiger partial charge in [0.2, 0.25) is 0 Å². The van der Waals surface area contributed by atoms with Gasteiger partial charge in [0.25, 0.3) is 0 Å². The summed E-state index contributed by atoms with van der Waals surface area (Å²) >= 11 is 1.68. The normalized spacial score (nSPS) is 12.3. The van der Waals surface area contributed by atoms with E-state index in [9.17, 15) is 5.11 Å². The summed E-state index contributed by atoms with van der Waals surface area (Å²) in [6.45, 7) is 1.08. The molecule has 0 aliphatic rings. The fraction of sp³-hybridized carbons (Fsp3) is 0.231. The lowest BCUT2D eigenvalue weighted by atomic mass is 10.1. The van der Waals surface area contributed by atoms with Crippen molar-refractivity contribution in [3.05, 3.63) is 46.7 Å². The molecule has 0 spiro atoms. The Hall–Kier alpha value is -1.52. The number of hydrogen-bond acceptors (Lipinski definition) is 4. The van der Waals surface area contributed by atoms with Crippen molar-refractivity contribution in [3.63, 3.8) is 0 Å². The van der Waals surface area contributed by atoms with Gasteiger partial charge in [0.1, 0.15) is 11.5 Å². The van der Waals surface area contributed by atoms with Crippen LogP contribution in [0.15, 0.2) is 41.8 Å². The quantitative estimate of drug-likeness (QED) is 0.856. The van der Waals surface area contributed by atoms with Gasteiger partial charge >= 0.3 is 0 Å². The van der Waals surface area contributed by atoms with Crippen LogP contribution < -0.4 is 10.5 Å². The van der Waals surface area contributed by atoms with E-state index in [-0.39, 0.29) is 11.7 Å². The van der Waals surface area contributed by atoms with Crippen LogP contribution in [0.2, 0.25) is 0 Å². The number of aromatic hydroxyl groups is 1. The van der Waals surface area contributed by atoms with E-state index in [1.54, 1.807) is 29.5 Å². The van der Waals surface area contributed by atoms with Crippen LogP contribution in [0.1, 0.15) is 10.8 Å². The molecule has 3 N–H and O–H groups in total. The number of ether oxygens (including phenoxy) is 1. The molecule has 90 valence electrons. The first-order valence-corrected chi connectivity index (χ1v) is 6.33. The molecular formula is C13H15NO2S. The zero-order valence-electron chi connectivity index (χ0n) is 9.37. The summed E-state index contributed by atoms with van der Waals surface area (Å²) in [5.41, 5.74) is 5.74. The van der Waals surface area contributed by atoms with Crippen LogP contribution in [0.4, 0.5) is 0 Å². The SMILES string of the molecule is NCC(COc1cccc(O)c1)c1cccs1. The lowest BCUT2D eigenvalue weighted by Gasteiger charge is -2.14. The van der Waals surface area contributed by atoms with Crippen molar-refractivity contribution in [1.29, 1.82) is 0 Å². The summed E-state index contributed by atoms with van der Waals surface area (Å²) in [6.07, 6.45) is 0. The number of benzene rings is 1. The van der Waals surface area contributed by atoms with E-state index < -0.39 is 0 Å². The summed E-state index contributed by atoms with van der Waals surface area (Å²) in [5, 5.41) is 11.4. The highest BCUT2D eigenvalue weighted by molar-refractivity contribution is 7.10. The molecule has 1 atom stereocenters. The minimum atomic E-state index is 0.206. The molecule has 17 heavy (non-hydrogen) atoms. The van der Waals surface area contributed by atoms with Gasteiger partial charge in [0.05, 0.1) is 6.61 Å². The van der Waals surface area contributed by atoms with Crippen LogP contribution >= 0.6 is 11.3 Å². The van der Waals surface area contributed by atoms with Gasteiger partial charge in [-0.25, -0.2) is 0 Å². The van der Waals surface area contributed by atoms with Crippen molar-refractivity contribution in [2.24, 2.45) is 5.73 Å². The molecule has 0 saturated carbocycles. The van der Waals surface area contributed by atoms with Crippen molar-refractivity contribution in [3.8, 4) is 11.5 Å². The third kappa shape index (κ3) is 3.22.